The highest BCUT2D eigenvalue weighted by Gasteiger charge is 2.42. The molecule has 5 heteroatoms. The number of hydrogen-bond acceptors (Lipinski definition) is 4. The van der Waals surface area contributed by atoms with Gasteiger partial charge >= 0.3 is 0 Å². The van der Waals surface area contributed by atoms with E-state index < -0.39 is 5.60 Å². The molecule has 0 spiro atoms. The maximum Gasteiger partial charge on any atom is 0.137 e. The maximum atomic E-state index is 11.0. The van der Waals surface area contributed by atoms with E-state index in [-0.39, 0.29) is 6.04 Å². The number of rotatable bonds is 2. The molecule has 1 saturated carbocycles. The van der Waals surface area contributed by atoms with Gasteiger partial charge in [-0.3, -0.25) is 0 Å². The summed E-state index contributed by atoms with van der Waals surface area (Å²) in [6.07, 6.45) is 7.20. The topological polar surface area (TPSA) is 50.9 Å². The van der Waals surface area contributed by atoms with Crippen molar-refractivity contribution in [2.45, 2.75) is 37.3 Å². The number of hydrogen-bond donors (Lipinski definition) is 1. The van der Waals surface area contributed by atoms with Crippen LogP contribution in [0.5, 0.6) is 0 Å². The summed E-state index contributed by atoms with van der Waals surface area (Å²) in [6, 6.07) is 4.02. The molecular weight excluding hydrogens is 234 g/mol. The van der Waals surface area contributed by atoms with Crippen molar-refractivity contribution in [1.82, 2.24) is 14.8 Å². The van der Waals surface area contributed by atoms with Crippen molar-refractivity contribution >= 4 is 11.3 Å². The van der Waals surface area contributed by atoms with E-state index in [2.05, 4.69) is 10.1 Å². The van der Waals surface area contributed by atoms with Crippen LogP contribution in [0.1, 0.15) is 36.6 Å². The number of aromatic nitrogens is 3. The van der Waals surface area contributed by atoms with Gasteiger partial charge in [0.2, 0.25) is 0 Å². The van der Waals surface area contributed by atoms with Crippen molar-refractivity contribution in [1.29, 1.82) is 0 Å². The van der Waals surface area contributed by atoms with Crippen molar-refractivity contribution < 1.29 is 5.11 Å². The summed E-state index contributed by atoms with van der Waals surface area (Å²) in [5.74, 6) is 0. The molecule has 17 heavy (non-hydrogen) atoms. The summed E-state index contributed by atoms with van der Waals surface area (Å²) >= 11 is 1.62. The molecule has 1 aliphatic carbocycles. The second-order valence-electron chi connectivity index (χ2n) is 4.54. The van der Waals surface area contributed by atoms with Crippen LogP contribution in [0.15, 0.2) is 30.2 Å². The Bertz CT molecular complexity index is 468. The summed E-state index contributed by atoms with van der Waals surface area (Å²) in [5, 5.41) is 17.2. The summed E-state index contributed by atoms with van der Waals surface area (Å²) in [5.41, 5.74) is -0.778. The summed E-state index contributed by atoms with van der Waals surface area (Å²) in [7, 11) is 0. The highest BCUT2D eigenvalue weighted by molar-refractivity contribution is 7.10. The van der Waals surface area contributed by atoms with E-state index in [0.717, 1.165) is 30.6 Å². The van der Waals surface area contributed by atoms with Crippen LogP contribution < -0.4 is 0 Å². The Labute approximate surface area is 104 Å². The molecule has 1 fully saturated rings. The smallest absolute Gasteiger partial charge is 0.137 e. The van der Waals surface area contributed by atoms with Gasteiger partial charge in [0.25, 0.3) is 0 Å². The molecule has 2 heterocycles. The second kappa shape index (κ2) is 4.23. The third-order valence-electron chi connectivity index (χ3n) is 3.54. The third-order valence-corrected chi connectivity index (χ3v) is 4.58. The van der Waals surface area contributed by atoms with Crippen LogP contribution in [0, 0.1) is 0 Å². The van der Waals surface area contributed by atoms with Crippen LogP contribution in [-0.4, -0.2) is 19.9 Å². The lowest BCUT2D eigenvalue weighted by Gasteiger charge is -2.39. The van der Waals surface area contributed by atoms with E-state index in [1.54, 1.807) is 22.3 Å². The average Bonchev–Trinajstić information content (AvgIpc) is 3.03. The summed E-state index contributed by atoms with van der Waals surface area (Å²) < 4.78 is 1.80. The molecule has 1 N–H and O–H groups in total. The molecule has 3 rings (SSSR count). The average molecular weight is 249 g/mol. The van der Waals surface area contributed by atoms with Gasteiger partial charge in [0.1, 0.15) is 18.3 Å². The van der Waals surface area contributed by atoms with Gasteiger partial charge in [-0.2, -0.15) is 5.10 Å². The minimum absolute atomic E-state index is 0.0115. The molecule has 90 valence electrons. The minimum Gasteiger partial charge on any atom is -0.382 e. The monoisotopic (exact) mass is 249 g/mol. The lowest BCUT2D eigenvalue weighted by atomic mass is 9.79. The Morgan fingerprint density at radius 1 is 1.47 bits per heavy atom. The van der Waals surface area contributed by atoms with Crippen LogP contribution in [0.25, 0.3) is 0 Å². The lowest BCUT2D eigenvalue weighted by molar-refractivity contribution is -0.0486. The van der Waals surface area contributed by atoms with E-state index >= 15 is 0 Å². The molecule has 4 nitrogen and oxygen atoms in total. The van der Waals surface area contributed by atoms with Crippen molar-refractivity contribution in [3.8, 4) is 0 Å². The van der Waals surface area contributed by atoms with Crippen LogP contribution in [0.4, 0.5) is 0 Å². The molecule has 0 saturated heterocycles. The molecule has 2 aromatic rings. The molecule has 0 aliphatic heterocycles. The largest absolute Gasteiger partial charge is 0.382 e. The second-order valence-corrected chi connectivity index (χ2v) is 5.49. The van der Waals surface area contributed by atoms with Gasteiger partial charge in [0, 0.05) is 4.88 Å². The van der Waals surface area contributed by atoms with E-state index in [1.807, 2.05) is 17.5 Å². The molecule has 2 aromatic heterocycles. The number of thiophene rings is 1. The first-order valence-corrected chi connectivity index (χ1v) is 6.79. The lowest BCUT2D eigenvalue weighted by Crippen LogP contribution is -2.39. The summed E-state index contributed by atoms with van der Waals surface area (Å²) in [6.45, 7) is 0. The van der Waals surface area contributed by atoms with Gasteiger partial charge < -0.3 is 5.11 Å². The van der Waals surface area contributed by atoms with Crippen molar-refractivity contribution in [3.63, 3.8) is 0 Å². The fraction of sp³-hybridized carbons (Fsp3) is 0.500. The van der Waals surface area contributed by atoms with Gasteiger partial charge in [0.05, 0.1) is 6.04 Å². The Morgan fingerprint density at radius 3 is 3.12 bits per heavy atom. The zero-order chi connectivity index (χ0) is 11.7. The molecule has 1 aliphatic rings. The van der Waals surface area contributed by atoms with Crippen LogP contribution >= 0.6 is 11.3 Å². The molecule has 2 atom stereocenters. The maximum absolute atomic E-state index is 11.0. The number of aliphatic hydroxyl groups is 1. The van der Waals surface area contributed by atoms with E-state index in [9.17, 15) is 5.11 Å². The zero-order valence-corrected chi connectivity index (χ0v) is 10.3. The van der Waals surface area contributed by atoms with Gasteiger partial charge in [0.15, 0.2) is 0 Å². The minimum atomic E-state index is -0.778. The highest BCUT2D eigenvalue weighted by Crippen LogP contribution is 2.45. The third kappa shape index (κ3) is 1.79. The molecule has 0 unspecified atom stereocenters. The number of nitrogens with zero attached hydrogens (tertiary/aromatic N) is 3. The van der Waals surface area contributed by atoms with Gasteiger partial charge in [-0.15, -0.1) is 11.3 Å². The highest BCUT2D eigenvalue weighted by atomic mass is 32.1. The summed E-state index contributed by atoms with van der Waals surface area (Å²) in [4.78, 5) is 5.03. The molecule has 0 amide bonds. The van der Waals surface area contributed by atoms with Crippen molar-refractivity contribution in [3.05, 3.63) is 35.0 Å². The van der Waals surface area contributed by atoms with Gasteiger partial charge in [-0.05, 0) is 24.3 Å². The van der Waals surface area contributed by atoms with Gasteiger partial charge in [-0.1, -0.05) is 18.9 Å². The standard InChI is InChI=1S/C12H15N3OS/c16-12(11-5-3-7-17-11)6-2-1-4-10(12)15-9-13-8-14-15/h3,5,7-10,16H,1-2,4,6H2/t10-,12+/m1/s1. The fourth-order valence-corrected chi connectivity index (χ4v) is 3.58. The van der Waals surface area contributed by atoms with Crippen LogP contribution in [-0.2, 0) is 5.60 Å². The van der Waals surface area contributed by atoms with E-state index in [0.29, 0.717) is 0 Å². The molecule has 0 aromatic carbocycles. The predicted octanol–water partition coefficient (Wildman–Crippen LogP) is 2.34. The van der Waals surface area contributed by atoms with E-state index in [4.69, 9.17) is 0 Å². The zero-order valence-electron chi connectivity index (χ0n) is 9.49. The first-order valence-electron chi connectivity index (χ1n) is 5.91. The molecule has 0 bridgehead atoms. The van der Waals surface area contributed by atoms with Crippen LogP contribution in [0.3, 0.4) is 0 Å². The van der Waals surface area contributed by atoms with Crippen molar-refractivity contribution in [2.75, 3.05) is 0 Å². The predicted molar refractivity (Wildman–Crippen MR) is 65.7 cm³/mol. The Hall–Kier alpha value is -1.20. The Morgan fingerprint density at radius 2 is 2.41 bits per heavy atom. The SMILES string of the molecule is O[C@@]1(c2cccs2)CCCC[C@H]1n1cncn1. The quantitative estimate of drug-likeness (QED) is 0.888. The van der Waals surface area contributed by atoms with E-state index in [1.165, 1.54) is 6.33 Å². The first kappa shape index (κ1) is 10.9. The molecular formula is C12H15N3OS. The van der Waals surface area contributed by atoms with Crippen LogP contribution in [0.2, 0.25) is 0 Å². The normalized spacial score (nSPS) is 29.4. The molecule has 0 radical (unpaired) electrons. The first-order chi connectivity index (χ1) is 8.31. The van der Waals surface area contributed by atoms with Gasteiger partial charge in [-0.25, -0.2) is 9.67 Å². The Kier molecular flexibility index (Phi) is 2.72. The van der Waals surface area contributed by atoms with Crippen molar-refractivity contribution in [2.24, 2.45) is 0 Å². The fourth-order valence-electron chi connectivity index (χ4n) is 2.68. The Balaban J connectivity index is 2.00.